The van der Waals surface area contributed by atoms with Crippen LogP contribution >= 0.6 is 24.0 Å². The summed E-state index contributed by atoms with van der Waals surface area (Å²) in [5.74, 6) is -0.254. The standard InChI is InChI=1S/C17H22ClN5O2.ClH/c1-25-16(12-2-4-13(18)5-3-12)10-20-17(24)15-11-23(22-21-15)14-6-8-19-9-7-14;/h2-5,11,14,16,19H,6-10H2,1H3,(H,20,24);1H. The number of rotatable bonds is 6. The summed E-state index contributed by atoms with van der Waals surface area (Å²) in [6.45, 7) is 2.27. The van der Waals surface area contributed by atoms with Crippen molar-refractivity contribution in [3.63, 3.8) is 0 Å². The first kappa shape index (κ1) is 20.6. The zero-order valence-electron chi connectivity index (χ0n) is 14.5. The molecule has 2 heterocycles. The SMILES string of the molecule is COC(CNC(=O)c1cn(C2CCNCC2)nn1)c1ccc(Cl)cc1.Cl. The van der Waals surface area contributed by atoms with Gasteiger partial charge in [0.1, 0.15) is 0 Å². The molecular formula is C17H23Cl2N5O2. The molecule has 3 rings (SSSR count). The zero-order valence-corrected chi connectivity index (χ0v) is 16.1. The van der Waals surface area contributed by atoms with Crippen LogP contribution in [-0.2, 0) is 4.74 Å². The predicted octanol–water partition coefficient (Wildman–Crippen LogP) is 2.40. The number of carbonyl (C=O) groups is 1. The second-order valence-electron chi connectivity index (χ2n) is 6.05. The highest BCUT2D eigenvalue weighted by Gasteiger charge is 2.19. The fourth-order valence-electron chi connectivity index (χ4n) is 2.92. The lowest BCUT2D eigenvalue weighted by atomic mass is 10.1. The van der Waals surface area contributed by atoms with Gasteiger partial charge in [-0.15, -0.1) is 17.5 Å². The van der Waals surface area contributed by atoms with Gasteiger partial charge < -0.3 is 15.4 Å². The van der Waals surface area contributed by atoms with Gasteiger partial charge in [0.05, 0.1) is 18.3 Å². The molecule has 0 bridgehead atoms. The molecule has 0 saturated carbocycles. The highest BCUT2D eigenvalue weighted by Crippen LogP contribution is 2.19. The van der Waals surface area contributed by atoms with E-state index in [1.165, 1.54) is 0 Å². The molecule has 1 aliphatic rings. The summed E-state index contributed by atoms with van der Waals surface area (Å²) in [6.07, 6.45) is 3.45. The van der Waals surface area contributed by atoms with Crippen molar-refractivity contribution in [3.8, 4) is 0 Å². The average Bonchev–Trinajstić information content (AvgIpc) is 3.14. The molecule has 142 valence electrons. The molecule has 26 heavy (non-hydrogen) atoms. The lowest BCUT2D eigenvalue weighted by molar-refractivity contribution is 0.0824. The Balaban J connectivity index is 0.00000243. The first-order valence-corrected chi connectivity index (χ1v) is 8.74. The van der Waals surface area contributed by atoms with Crippen LogP contribution in [-0.4, -0.2) is 47.6 Å². The fraction of sp³-hybridized carbons (Fsp3) is 0.471. The minimum absolute atomic E-state index is 0. The lowest BCUT2D eigenvalue weighted by Gasteiger charge is -2.22. The first-order chi connectivity index (χ1) is 12.2. The van der Waals surface area contributed by atoms with Crippen molar-refractivity contribution >= 4 is 29.9 Å². The second-order valence-corrected chi connectivity index (χ2v) is 6.49. The van der Waals surface area contributed by atoms with Crippen LogP contribution in [0.25, 0.3) is 0 Å². The number of ether oxygens (including phenoxy) is 1. The number of carbonyl (C=O) groups excluding carboxylic acids is 1. The van der Waals surface area contributed by atoms with Crippen molar-refractivity contribution in [1.82, 2.24) is 25.6 Å². The molecule has 2 N–H and O–H groups in total. The van der Waals surface area contributed by atoms with Gasteiger partial charge in [0.15, 0.2) is 5.69 Å². The third-order valence-corrected chi connectivity index (χ3v) is 4.65. The highest BCUT2D eigenvalue weighted by molar-refractivity contribution is 6.30. The number of nitrogens with zero attached hydrogens (tertiary/aromatic N) is 3. The van der Waals surface area contributed by atoms with Gasteiger partial charge in [0.25, 0.3) is 5.91 Å². The smallest absolute Gasteiger partial charge is 0.273 e. The maximum atomic E-state index is 12.3. The predicted molar refractivity (Wildman–Crippen MR) is 102 cm³/mol. The number of benzene rings is 1. The highest BCUT2D eigenvalue weighted by atomic mass is 35.5. The molecule has 2 aromatic rings. The number of halogens is 2. The van der Waals surface area contributed by atoms with Crippen LogP contribution in [0.2, 0.25) is 5.02 Å². The van der Waals surface area contributed by atoms with Gasteiger partial charge in [-0.2, -0.15) is 0 Å². The summed E-state index contributed by atoms with van der Waals surface area (Å²) >= 11 is 5.90. The van der Waals surface area contributed by atoms with E-state index in [1.54, 1.807) is 30.1 Å². The van der Waals surface area contributed by atoms with Gasteiger partial charge in [-0.05, 0) is 43.6 Å². The number of aromatic nitrogens is 3. The van der Waals surface area contributed by atoms with E-state index in [-0.39, 0.29) is 24.4 Å². The lowest BCUT2D eigenvalue weighted by Crippen LogP contribution is -2.30. The van der Waals surface area contributed by atoms with Crippen molar-refractivity contribution in [2.24, 2.45) is 0 Å². The number of piperidine rings is 1. The topological polar surface area (TPSA) is 81.1 Å². The molecule has 1 aromatic carbocycles. The number of nitrogens with one attached hydrogen (secondary N) is 2. The molecule has 1 saturated heterocycles. The van der Waals surface area contributed by atoms with E-state index in [4.69, 9.17) is 16.3 Å². The Hall–Kier alpha value is -1.67. The van der Waals surface area contributed by atoms with E-state index >= 15 is 0 Å². The molecule has 7 nitrogen and oxygen atoms in total. The van der Waals surface area contributed by atoms with E-state index in [1.807, 2.05) is 12.1 Å². The van der Waals surface area contributed by atoms with Gasteiger partial charge in [-0.1, -0.05) is 28.9 Å². The maximum absolute atomic E-state index is 12.3. The second kappa shape index (κ2) is 9.87. The summed E-state index contributed by atoms with van der Waals surface area (Å²) in [5.41, 5.74) is 1.27. The van der Waals surface area contributed by atoms with E-state index in [0.29, 0.717) is 23.3 Å². The molecular weight excluding hydrogens is 377 g/mol. The van der Waals surface area contributed by atoms with Gasteiger partial charge in [-0.25, -0.2) is 4.68 Å². The molecule has 0 aliphatic carbocycles. The zero-order chi connectivity index (χ0) is 17.6. The Morgan fingerprint density at radius 2 is 2.08 bits per heavy atom. The van der Waals surface area contributed by atoms with Crippen molar-refractivity contribution in [2.45, 2.75) is 25.0 Å². The molecule has 1 aliphatic heterocycles. The number of hydrogen-bond donors (Lipinski definition) is 2. The third-order valence-electron chi connectivity index (χ3n) is 4.40. The van der Waals surface area contributed by atoms with Crippen LogP contribution in [0.1, 0.15) is 41.0 Å². The molecule has 1 atom stereocenters. The third kappa shape index (κ3) is 5.17. The largest absolute Gasteiger partial charge is 0.375 e. The molecule has 1 aromatic heterocycles. The van der Waals surface area contributed by atoms with E-state index in [0.717, 1.165) is 31.5 Å². The Bertz CT molecular complexity index is 701. The number of amides is 1. The van der Waals surface area contributed by atoms with Gasteiger partial charge >= 0.3 is 0 Å². The normalized spacial score (nSPS) is 15.9. The minimum atomic E-state index is -0.254. The number of hydrogen-bond acceptors (Lipinski definition) is 5. The Morgan fingerprint density at radius 1 is 1.38 bits per heavy atom. The van der Waals surface area contributed by atoms with E-state index in [9.17, 15) is 4.79 Å². The Kier molecular flexibility index (Phi) is 7.84. The monoisotopic (exact) mass is 399 g/mol. The molecule has 0 radical (unpaired) electrons. The average molecular weight is 400 g/mol. The van der Waals surface area contributed by atoms with E-state index in [2.05, 4.69) is 20.9 Å². The Labute approximate surface area is 163 Å². The summed E-state index contributed by atoms with van der Waals surface area (Å²) in [5, 5.41) is 14.9. The number of methoxy groups -OCH3 is 1. The van der Waals surface area contributed by atoms with Crippen LogP contribution < -0.4 is 10.6 Å². The minimum Gasteiger partial charge on any atom is -0.375 e. The maximum Gasteiger partial charge on any atom is 0.273 e. The van der Waals surface area contributed by atoms with Crippen LogP contribution in [0.5, 0.6) is 0 Å². The van der Waals surface area contributed by atoms with Crippen molar-refractivity contribution in [2.75, 3.05) is 26.7 Å². The quantitative estimate of drug-likeness (QED) is 0.779. The van der Waals surface area contributed by atoms with Crippen LogP contribution in [0.4, 0.5) is 0 Å². The molecule has 1 amide bonds. The summed E-state index contributed by atoms with van der Waals surface area (Å²) in [6, 6.07) is 7.67. The van der Waals surface area contributed by atoms with Crippen molar-refractivity contribution in [3.05, 3.63) is 46.7 Å². The molecule has 1 fully saturated rings. The summed E-state index contributed by atoms with van der Waals surface area (Å²) in [4.78, 5) is 12.3. The van der Waals surface area contributed by atoms with E-state index < -0.39 is 0 Å². The fourth-order valence-corrected chi connectivity index (χ4v) is 3.05. The Morgan fingerprint density at radius 3 is 2.73 bits per heavy atom. The van der Waals surface area contributed by atoms with Gasteiger partial charge in [-0.3, -0.25) is 4.79 Å². The summed E-state index contributed by atoms with van der Waals surface area (Å²) in [7, 11) is 1.61. The van der Waals surface area contributed by atoms with Crippen LogP contribution in [0, 0.1) is 0 Å². The van der Waals surface area contributed by atoms with Crippen LogP contribution in [0.15, 0.2) is 30.5 Å². The van der Waals surface area contributed by atoms with Crippen molar-refractivity contribution in [1.29, 1.82) is 0 Å². The molecule has 0 spiro atoms. The van der Waals surface area contributed by atoms with Gasteiger partial charge in [0.2, 0.25) is 0 Å². The van der Waals surface area contributed by atoms with Crippen LogP contribution in [0.3, 0.4) is 0 Å². The van der Waals surface area contributed by atoms with Crippen molar-refractivity contribution < 1.29 is 9.53 Å². The summed E-state index contributed by atoms with van der Waals surface area (Å²) < 4.78 is 7.25. The first-order valence-electron chi connectivity index (χ1n) is 8.36. The molecule has 9 heteroatoms. The molecule has 1 unspecified atom stereocenters. The van der Waals surface area contributed by atoms with Gasteiger partial charge in [0, 0.05) is 18.7 Å².